The molecule has 0 aromatic carbocycles. The minimum Gasteiger partial charge on any atom is -0.368 e. The largest absolute Gasteiger partial charge is 0.368 e. The van der Waals surface area contributed by atoms with Crippen molar-refractivity contribution in [3.8, 4) is 0 Å². The van der Waals surface area contributed by atoms with Gasteiger partial charge in [0.25, 0.3) is 0 Å². The van der Waals surface area contributed by atoms with Crippen LogP contribution in [0.5, 0.6) is 0 Å². The zero-order valence-corrected chi connectivity index (χ0v) is 11.3. The van der Waals surface area contributed by atoms with Crippen LogP contribution in [0.2, 0.25) is 0 Å². The number of aromatic nitrogens is 1. The van der Waals surface area contributed by atoms with Gasteiger partial charge in [0.2, 0.25) is 0 Å². The quantitative estimate of drug-likeness (QED) is 0.878. The van der Waals surface area contributed by atoms with E-state index in [9.17, 15) is 4.21 Å². The highest BCUT2D eigenvalue weighted by atomic mass is 32.2. The van der Waals surface area contributed by atoms with Gasteiger partial charge < -0.3 is 10.2 Å². The Hall–Kier alpha value is -0.940. The van der Waals surface area contributed by atoms with Gasteiger partial charge in [-0.1, -0.05) is 0 Å². The number of rotatable bonds is 4. The lowest BCUT2D eigenvalue weighted by Gasteiger charge is -2.29. The van der Waals surface area contributed by atoms with Gasteiger partial charge in [-0.15, -0.1) is 0 Å². The fourth-order valence-corrected chi connectivity index (χ4v) is 3.32. The second kappa shape index (κ2) is 5.36. The average molecular weight is 265 g/mol. The fourth-order valence-electron chi connectivity index (χ4n) is 2.27. The second-order valence-corrected chi connectivity index (χ2v) is 6.69. The standard InChI is InChI=1S/C13H19N3OS/c17-18-7-5-16(6-8-18)13-10-14-4-3-11(13)9-15-12-1-2-12/h3-4,10,12,15H,1-2,5-9H2. The SMILES string of the molecule is O=S1CCN(c2cnccc2CNC2CC2)CC1. The summed E-state index contributed by atoms with van der Waals surface area (Å²) in [7, 11) is -0.620. The molecule has 0 radical (unpaired) electrons. The first-order valence-electron chi connectivity index (χ1n) is 6.59. The van der Waals surface area contributed by atoms with Gasteiger partial charge in [-0.25, -0.2) is 0 Å². The van der Waals surface area contributed by atoms with E-state index in [2.05, 4.69) is 21.3 Å². The van der Waals surface area contributed by atoms with Gasteiger partial charge in [0, 0.05) is 54.2 Å². The predicted molar refractivity (Wildman–Crippen MR) is 74.2 cm³/mol. The van der Waals surface area contributed by atoms with Crippen molar-refractivity contribution in [3.63, 3.8) is 0 Å². The maximum atomic E-state index is 11.4. The summed E-state index contributed by atoms with van der Waals surface area (Å²) >= 11 is 0. The van der Waals surface area contributed by atoms with Crippen LogP contribution < -0.4 is 10.2 Å². The van der Waals surface area contributed by atoms with Gasteiger partial charge in [-0.3, -0.25) is 9.19 Å². The molecule has 1 aromatic rings. The van der Waals surface area contributed by atoms with E-state index in [1.807, 2.05) is 12.4 Å². The molecular formula is C13H19N3OS. The number of nitrogens with zero attached hydrogens (tertiary/aromatic N) is 2. The summed E-state index contributed by atoms with van der Waals surface area (Å²) in [5, 5.41) is 3.55. The Balaban J connectivity index is 1.70. The number of pyridine rings is 1. The molecule has 0 unspecified atom stereocenters. The first-order chi connectivity index (χ1) is 8.83. The molecule has 1 aromatic heterocycles. The summed E-state index contributed by atoms with van der Waals surface area (Å²) in [6.45, 7) is 2.69. The molecule has 5 heteroatoms. The molecule has 0 amide bonds. The van der Waals surface area contributed by atoms with Crippen LogP contribution in [0.15, 0.2) is 18.5 Å². The summed E-state index contributed by atoms with van der Waals surface area (Å²) in [6, 6.07) is 2.82. The third-order valence-electron chi connectivity index (χ3n) is 3.56. The molecule has 1 saturated carbocycles. The minimum atomic E-state index is -0.620. The molecule has 0 bridgehead atoms. The Morgan fingerprint density at radius 1 is 1.39 bits per heavy atom. The number of nitrogens with one attached hydrogen (secondary N) is 1. The highest BCUT2D eigenvalue weighted by Gasteiger charge is 2.22. The molecule has 18 heavy (non-hydrogen) atoms. The lowest BCUT2D eigenvalue weighted by atomic mass is 10.2. The molecule has 2 fully saturated rings. The van der Waals surface area contributed by atoms with Crippen molar-refractivity contribution in [1.29, 1.82) is 0 Å². The summed E-state index contributed by atoms with van der Waals surface area (Å²) in [6.07, 6.45) is 6.42. The monoisotopic (exact) mass is 265 g/mol. The van der Waals surface area contributed by atoms with Gasteiger partial charge in [-0.2, -0.15) is 0 Å². The van der Waals surface area contributed by atoms with Crippen molar-refractivity contribution in [2.24, 2.45) is 0 Å². The van der Waals surface area contributed by atoms with Crippen LogP contribution in [0.3, 0.4) is 0 Å². The maximum absolute atomic E-state index is 11.4. The molecule has 1 N–H and O–H groups in total. The van der Waals surface area contributed by atoms with E-state index in [1.54, 1.807) is 0 Å². The Kier molecular flexibility index (Phi) is 3.61. The number of anilines is 1. The molecule has 1 aliphatic heterocycles. The smallest absolute Gasteiger partial charge is 0.0598 e. The van der Waals surface area contributed by atoms with E-state index in [0.29, 0.717) is 0 Å². The van der Waals surface area contributed by atoms with E-state index in [0.717, 1.165) is 37.2 Å². The third-order valence-corrected chi connectivity index (χ3v) is 4.84. The topological polar surface area (TPSA) is 45.2 Å². The van der Waals surface area contributed by atoms with Crippen LogP contribution in [0.1, 0.15) is 18.4 Å². The van der Waals surface area contributed by atoms with Crippen LogP contribution in [0.4, 0.5) is 5.69 Å². The first kappa shape index (κ1) is 12.1. The molecule has 3 rings (SSSR count). The highest BCUT2D eigenvalue weighted by molar-refractivity contribution is 7.85. The van der Waals surface area contributed by atoms with E-state index in [4.69, 9.17) is 0 Å². The van der Waals surface area contributed by atoms with Crippen LogP contribution in [-0.4, -0.2) is 39.8 Å². The first-order valence-corrected chi connectivity index (χ1v) is 8.08. The summed E-state index contributed by atoms with van der Waals surface area (Å²) in [5.74, 6) is 1.56. The minimum absolute atomic E-state index is 0.620. The zero-order chi connectivity index (χ0) is 12.4. The van der Waals surface area contributed by atoms with Crippen molar-refractivity contribution >= 4 is 16.5 Å². The van der Waals surface area contributed by atoms with Crippen LogP contribution in [0, 0.1) is 0 Å². The highest BCUT2D eigenvalue weighted by Crippen LogP contribution is 2.23. The van der Waals surface area contributed by atoms with Gasteiger partial charge in [0.15, 0.2) is 0 Å². The molecule has 2 heterocycles. The molecule has 4 nitrogen and oxygen atoms in total. The fraction of sp³-hybridized carbons (Fsp3) is 0.615. The molecule has 2 aliphatic rings. The van der Waals surface area contributed by atoms with Gasteiger partial charge >= 0.3 is 0 Å². The van der Waals surface area contributed by atoms with Crippen molar-refractivity contribution in [2.45, 2.75) is 25.4 Å². The lowest BCUT2D eigenvalue weighted by Crippen LogP contribution is -2.38. The molecule has 0 atom stereocenters. The average Bonchev–Trinajstić information content (AvgIpc) is 3.22. The molecule has 98 valence electrons. The van der Waals surface area contributed by atoms with E-state index < -0.39 is 10.8 Å². The van der Waals surface area contributed by atoms with E-state index >= 15 is 0 Å². The van der Waals surface area contributed by atoms with E-state index in [1.165, 1.54) is 24.1 Å². The van der Waals surface area contributed by atoms with Gasteiger partial charge in [-0.05, 0) is 24.5 Å². The molecular weight excluding hydrogens is 246 g/mol. The van der Waals surface area contributed by atoms with Crippen molar-refractivity contribution in [2.75, 3.05) is 29.5 Å². The number of hydrogen-bond donors (Lipinski definition) is 1. The number of hydrogen-bond acceptors (Lipinski definition) is 4. The van der Waals surface area contributed by atoms with Crippen molar-refractivity contribution in [3.05, 3.63) is 24.0 Å². The Bertz CT molecular complexity index is 438. The molecule has 1 aliphatic carbocycles. The van der Waals surface area contributed by atoms with Gasteiger partial charge in [0.05, 0.1) is 11.9 Å². The Labute approximate surface area is 110 Å². The summed E-state index contributed by atoms with van der Waals surface area (Å²) < 4.78 is 11.4. The van der Waals surface area contributed by atoms with Crippen LogP contribution in [-0.2, 0) is 17.3 Å². The Morgan fingerprint density at radius 2 is 2.17 bits per heavy atom. The molecule has 0 spiro atoms. The lowest BCUT2D eigenvalue weighted by molar-refractivity contribution is 0.668. The zero-order valence-electron chi connectivity index (χ0n) is 10.5. The van der Waals surface area contributed by atoms with Crippen LogP contribution >= 0.6 is 0 Å². The van der Waals surface area contributed by atoms with Crippen LogP contribution in [0.25, 0.3) is 0 Å². The maximum Gasteiger partial charge on any atom is 0.0598 e. The predicted octanol–water partition coefficient (Wildman–Crippen LogP) is 0.902. The second-order valence-electron chi connectivity index (χ2n) is 4.99. The summed E-state index contributed by atoms with van der Waals surface area (Å²) in [4.78, 5) is 6.55. The van der Waals surface area contributed by atoms with Gasteiger partial charge in [0.1, 0.15) is 0 Å². The molecule has 1 saturated heterocycles. The Morgan fingerprint density at radius 3 is 2.89 bits per heavy atom. The third kappa shape index (κ3) is 2.90. The van der Waals surface area contributed by atoms with E-state index in [-0.39, 0.29) is 0 Å². The normalized spacial score (nSPS) is 21.2. The summed E-state index contributed by atoms with van der Waals surface area (Å²) in [5.41, 5.74) is 2.52. The van der Waals surface area contributed by atoms with Crippen molar-refractivity contribution < 1.29 is 4.21 Å². The van der Waals surface area contributed by atoms with Crippen molar-refractivity contribution in [1.82, 2.24) is 10.3 Å².